The van der Waals surface area contributed by atoms with E-state index >= 15 is 0 Å². The SMILES string of the molecule is CCC(=S)C(=O)N[C@H]1Cc2ccc(-c3ccccc3)cc2[C@H]2CCC[C@@H](C(=O)O)N2C1=O. The molecule has 0 unspecified atom stereocenters. The van der Waals surface area contributed by atoms with Crippen molar-refractivity contribution in [1.82, 2.24) is 10.2 Å². The lowest BCUT2D eigenvalue weighted by Gasteiger charge is -2.40. The van der Waals surface area contributed by atoms with E-state index in [2.05, 4.69) is 11.4 Å². The highest BCUT2D eigenvalue weighted by Crippen LogP contribution is 2.40. The van der Waals surface area contributed by atoms with Gasteiger partial charge in [0.05, 0.1) is 10.9 Å². The van der Waals surface area contributed by atoms with Crippen molar-refractivity contribution >= 4 is 34.9 Å². The van der Waals surface area contributed by atoms with E-state index in [1.807, 2.05) is 42.5 Å². The number of nitrogens with zero attached hydrogens (tertiary/aromatic N) is 1. The molecule has 0 aromatic heterocycles. The quantitative estimate of drug-likeness (QED) is 0.679. The lowest BCUT2D eigenvalue weighted by molar-refractivity contribution is -0.156. The van der Waals surface area contributed by atoms with Gasteiger partial charge in [-0.3, -0.25) is 9.59 Å². The maximum Gasteiger partial charge on any atom is 0.326 e. The third-order valence-electron chi connectivity index (χ3n) is 6.38. The number of thiocarbonyl (C=S) groups is 1. The van der Waals surface area contributed by atoms with Crippen molar-refractivity contribution in [3.63, 3.8) is 0 Å². The molecule has 0 saturated carbocycles. The van der Waals surface area contributed by atoms with Crippen molar-refractivity contribution in [2.45, 2.75) is 57.2 Å². The van der Waals surface area contributed by atoms with Gasteiger partial charge in [-0.05, 0) is 54.0 Å². The minimum absolute atomic E-state index is 0.228. The molecule has 3 atom stereocenters. The molecule has 2 aromatic carbocycles. The molecule has 2 heterocycles. The number of rotatable bonds is 5. The molecule has 32 heavy (non-hydrogen) atoms. The third-order valence-corrected chi connectivity index (χ3v) is 6.85. The molecule has 0 aliphatic carbocycles. The van der Waals surface area contributed by atoms with Crippen LogP contribution in [0.3, 0.4) is 0 Å². The van der Waals surface area contributed by atoms with Crippen molar-refractivity contribution in [3.05, 3.63) is 59.7 Å². The first-order valence-electron chi connectivity index (χ1n) is 11.0. The van der Waals surface area contributed by atoms with Crippen LogP contribution in [-0.2, 0) is 20.8 Å². The normalized spacial score (nSPS) is 22.3. The van der Waals surface area contributed by atoms with Gasteiger partial charge in [0, 0.05) is 6.42 Å². The van der Waals surface area contributed by atoms with Gasteiger partial charge in [-0.15, -0.1) is 0 Å². The second-order valence-electron chi connectivity index (χ2n) is 8.33. The van der Waals surface area contributed by atoms with E-state index in [1.165, 1.54) is 4.90 Å². The largest absolute Gasteiger partial charge is 0.480 e. The van der Waals surface area contributed by atoms with Gasteiger partial charge in [-0.25, -0.2) is 4.79 Å². The molecule has 2 N–H and O–H groups in total. The van der Waals surface area contributed by atoms with Crippen LogP contribution in [-0.4, -0.2) is 44.7 Å². The molecule has 6 nitrogen and oxygen atoms in total. The average molecular weight is 451 g/mol. The maximum atomic E-state index is 13.6. The van der Waals surface area contributed by atoms with Gasteiger partial charge in [-0.2, -0.15) is 0 Å². The Balaban J connectivity index is 1.79. The van der Waals surface area contributed by atoms with E-state index in [0.29, 0.717) is 25.7 Å². The van der Waals surface area contributed by atoms with E-state index in [1.54, 1.807) is 6.92 Å². The molecule has 7 heteroatoms. The Labute approximate surface area is 192 Å². The van der Waals surface area contributed by atoms with Crippen molar-refractivity contribution in [3.8, 4) is 11.1 Å². The van der Waals surface area contributed by atoms with E-state index in [4.69, 9.17) is 12.2 Å². The minimum Gasteiger partial charge on any atom is -0.480 e. The predicted octanol–water partition coefficient (Wildman–Crippen LogP) is 3.68. The summed E-state index contributed by atoms with van der Waals surface area (Å²) in [7, 11) is 0. The number of nitrogens with one attached hydrogen (secondary N) is 1. The average Bonchev–Trinajstić information content (AvgIpc) is 2.93. The molecule has 1 fully saturated rings. The zero-order chi connectivity index (χ0) is 22.8. The molecule has 2 aliphatic heterocycles. The fourth-order valence-corrected chi connectivity index (χ4v) is 4.81. The van der Waals surface area contributed by atoms with Gasteiger partial charge in [0.1, 0.15) is 12.1 Å². The van der Waals surface area contributed by atoms with E-state index in [-0.39, 0.29) is 16.8 Å². The lowest BCUT2D eigenvalue weighted by Crippen LogP contribution is -2.56. The maximum absolute atomic E-state index is 13.6. The second kappa shape index (κ2) is 9.20. The molecule has 2 aliphatic rings. The zero-order valence-electron chi connectivity index (χ0n) is 17.9. The van der Waals surface area contributed by atoms with Crippen LogP contribution in [0.2, 0.25) is 0 Å². The Kier molecular flexibility index (Phi) is 6.37. The second-order valence-corrected chi connectivity index (χ2v) is 8.83. The Morgan fingerprint density at radius 1 is 1.12 bits per heavy atom. The molecule has 0 radical (unpaired) electrons. The van der Waals surface area contributed by atoms with Crippen LogP contribution < -0.4 is 5.32 Å². The molecule has 2 amide bonds. The Bertz CT molecular complexity index is 1070. The summed E-state index contributed by atoms with van der Waals surface area (Å²) in [4.78, 5) is 39.8. The first kappa shape index (κ1) is 22.1. The van der Waals surface area contributed by atoms with Crippen molar-refractivity contribution in [2.24, 2.45) is 0 Å². The van der Waals surface area contributed by atoms with Gasteiger partial charge in [0.15, 0.2) is 0 Å². The van der Waals surface area contributed by atoms with Gasteiger partial charge in [-0.1, -0.05) is 61.6 Å². The monoisotopic (exact) mass is 450 g/mol. The number of fused-ring (bicyclic) bond motifs is 3. The number of hydrogen-bond acceptors (Lipinski definition) is 4. The summed E-state index contributed by atoms with van der Waals surface area (Å²) in [6, 6.07) is 13.9. The summed E-state index contributed by atoms with van der Waals surface area (Å²) >= 11 is 5.12. The van der Waals surface area contributed by atoms with Crippen LogP contribution in [0.1, 0.15) is 49.8 Å². The number of carbonyl (C=O) groups is 3. The molecule has 0 bridgehead atoms. The third kappa shape index (κ3) is 4.17. The Morgan fingerprint density at radius 2 is 1.88 bits per heavy atom. The fourth-order valence-electron chi connectivity index (χ4n) is 4.76. The summed E-state index contributed by atoms with van der Waals surface area (Å²) in [5.41, 5.74) is 3.98. The van der Waals surface area contributed by atoms with Crippen molar-refractivity contribution < 1.29 is 19.5 Å². The molecule has 0 spiro atoms. The van der Waals surface area contributed by atoms with Gasteiger partial charge in [0.2, 0.25) is 5.91 Å². The first-order valence-corrected chi connectivity index (χ1v) is 11.4. The summed E-state index contributed by atoms with van der Waals surface area (Å²) in [5.74, 6) is -1.81. The number of benzene rings is 2. The van der Waals surface area contributed by atoms with E-state index in [0.717, 1.165) is 28.7 Å². The molecule has 1 saturated heterocycles. The van der Waals surface area contributed by atoms with Crippen LogP contribution in [0.5, 0.6) is 0 Å². The van der Waals surface area contributed by atoms with E-state index in [9.17, 15) is 19.5 Å². The Hall–Kier alpha value is -3.06. The molecule has 166 valence electrons. The fraction of sp³-hybridized carbons (Fsp3) is 0.360. The molecular formula is C25H26N2O4S. The van der Waals surface area contributed by atoms with Gasteiger partial charge in [0.25, 0.3) is 5.91 Å². The number of piperidine rings is 1. The van der Waals surface area contributed by atoms with Crippen LogP contribution in [0.15, 0.2) is 48.5 Å². The predicted molar refractivity (Wildman–Crippen MR) is 125 cm³/mol. The number of hydrogen-bond donors (Lipinski definition) is 2. The number of carbonyl (C=O) groups excluding carboxylic acids is 2. The minimum atomic E-state index is -1.01. The van der Waals surface area contributed by atoms with Crippen molar-refractivity contribution in [2.75, 3.05) is 0 Å². The highest BCUT2D eigenvalue weighted by molar-refractivity contribution is 7.82. The van der Waals surface area contributed by atoms with Crippen LogP contribution in [0, 0.1) is 0 Å². The summed E-state index contributed by atoms with van der Waals surface area (Å²) < 4.78 is 0. The number of carboxylic acids is 1. The molecule has 4 rings (SSSR count). The smallest absolute Gasteiger partial charge is 0.326 e. The lowest BCUT2D eigenvalue weighted by atomic mass is 9.87. The zero-order valence-corrected chi connectivity index (χ0v) is 18.7. The number of aliphatic carboxylic acids is 1. The van der Waals surface area contributed by atoms with E-state index < -0.39 is 24.0 Å². The van der Waals surface area contributed by atoms with Crippen LogP contribution in [0.25, 0.3) is 11.1 Å². The summed E-state index contributed by atoms with van der Waals surface area (Å²) in [6.07, 6.45) is 2.52. The van der Waals surface area contributed by atoms with Gasteiger partial charge < -0.3 is 15.3 Å². The highest BCUT2D eigenvalue weighted by Gasteiger charge is 2.44. The topological polar surface area (TPSA) is 86.7 Å². The van der Waals surface area contributed by atoms with Gasteiger partial charge >= 0.3 is 5.97 Å². The number of amides is 2. The molecule has 2 aromatic rings. The highest BCUT2D eigenvalue weighted by atomic mass is 32.1. The van der Waals surface area contributed by atoms with Crippen molar-refractivity contribution in [1.29, 1.82) is 0 Å². The summed E-state index contributed by atoms with van der Waals surface area (Å²) in [6.45, 7) is 1.79. The first-order chi connectivity index (χ1) is 15.4. The Morgan fingerprint density at radius 3 is 2.56 bits per heavy atom. The number of carboxylic acid groups (broad SMARTS) is 1. The standard InChI is InChI=1S/C25H26N2O4S/c1-2-22(32)23(28)26-19-14-17-12-11-16(15-7-4-3-5-8-15)13-18(17)20-9-6-10-21(25(30)31)27(20)24(19)29/h3-5,7-8,11-13,19-21H,2,6,9-10,14H2,1H3,(H,26,28)(H,30,31)/t19-,20+,21-/m0/s1. The summed E-state index contributed by atoms with van der Waals surface area (Å²) in [5, 5.41) is 12.6. The van der Waals surface area contributed by atoms with Crippen LogP contribution >= 0.6 is 12.2 Å². The van der Waals surface area contributed by atoms with Crippen LogP contribution in [0.4, 0.5) is 0 Å². The molecular weight excluding hydrogens is 424 g/mol.